The summed E-state index contributed by atoms with van der Waals surface area (Å²) in [5.41, 5.74) is 7.82. The van der Waals surface area contributed by atoms with Gasteiger partial charge in [-0.25, -0.2) is 0 Å². The number of rotatable bonds is 12. The van der Waals surface area contributed by atoms with E-state index in [-0.39, 0.29) is 18.3 Å². The van der Waals surface area contributed by atoms with Crippen LogP contribution >= 0.6 is 23.2 Å². The molecule has 5 nitrogen and oxygen atoms in total. The van der Waals surface area contributed by atoms with Crippen molar-refractivity contribution in [3.63, 3.8) is 0 Å². The molecule has 0 bridgehead atoms. The van der Waals surface area contributed by atoms with Crippen molar-refractivity contribution in [2.24, 2.45) is 5.92 Å². The summed E-state index contributed by atoms with van der Waals surface area (Å²) in [5.74, 6) is -0.488. The Balaban J connectivity index is 1.87. The van der Waals surface area contributed by atoms with Crippen LogP contribution in [0.1, 0.15) is 55.8 Å². The number of benzene rings is 2. The molecule has 0 heterocycles. The molecule has 0 aliphatic rings. The monoisotopic (exact) mass is 452 g/mol. The molecule has 2 rings (SSSR count). The summed E-state index contributed by atoms with van der Waals surface area (Å²) in [6.45, 7) is 3.12. The van der Waals surface area contributed by atoms with Gasteiger partial charge in [0, 0.05) is 13.0 Å². The van der Waals surface area contributed by atoms with Gasteiger partial charge < -0.3 is 21.3 Å². The Hall–Kier alpha value is -1.79. The highest BCUT2D eigenvalue weighted by atomic mass is 35.5. The van der Waals surface area contributed by atoms with E-state index in [0.29, 0.717) is 34.4 Å². The molecule has 0 saturated heterocycles. The number of aliphatic hydroxyl groups excluding tert-OH is 1. The highest BCUT2D eigenvalue weighted by Crippen LogP contribution is 2.34. The summed E-state index contributed by atoms with van der Waals surface area (Å²) in [5, 5.41) is 23.6. The Kier molecular flexibility index (Phi) is 9.92. The van der Waals surface area contributed by atoms with E-state index < -0.39 is 12.1 Å². The van der Waals surface area contributed by atoms with Crippen molar-refractivity contribution in [2.75, 3.05) is 18.8 Å². The molecule has 3 atom stereocenters. The quantitative estimate of drug-likeness (QED) is 0.260. The normalized spacial score (nSPS) is 14.3. The van der Waals surface area contributed by atoms with Crippen molar-refractivity contribution in [1.29, 1.82) is 0 Å². The third-order valence-electron chi connectivity index (χ3n) is 5.43. The van der Waals surface area contributed by atoms with Crippen molar-refractivity contribution < 1.29 is 15.0 Å². The number of nitrogens with one attached hydrogen (secondary N) is 1. The van der Waals surface area contributed by atoms with Gasteiger partial charge >= 0.3 is 5.97 Å². The number of hydrogen-bond acceptors (Lipinski definition) is 4. The first-order valence-corrected chi connectivity index (χ1v) is 11.0. The van der Waals surface area contributed by atoms with Crippen LogP contribution < -0.4 is 11.1 Å². The molecule has 2 aromatic rings. The van der Waals surface area contributed by atoms with E-state index in [4.69, 9.17) is 28.9 Å². The Bertz CT molecular complexity index is 794. The van der Waals surface area contributed by atoms with Gasteiger partial charge in [0.05, 0.1) is 21.8 Å². The minimum Gasteiger partial charge on any atom is -0.481 e. The number of carboxylic acids is 1. The van der Waals surface area contributed by atoms with Gasteiger partial charge in [0.25, 0.3) is 0 Å². The number of aliphatic carboxylic acids is 1. The Morgan fingerprint density at radius 1 is 1.13 bits per heavy atom. The number of aliphatic hydroxyl groups is 1. The van der Waals surface area contributed by atoms with Crippen LogP contribution in [0.25, 0.3) is 0 Å². The van der Waals surface area contributed by atoms with Crippen LogP contribution in [0.15, 0.2) is 42.5 Å². The summed E-state index contributed by atoms with van der Waals surface area (Å²) < 4.78 is 0. The SMILES string of the molecule is CCC(c1ccccc1)C(CCCNCC(O)c1cc(Cl)c(N)c(Cl)c1)CC(=O)O. The van der Waals surface area contributed by atoms with E-state index in [9.17, 15) is 15.0 Å². The Morgan fingerprint density at radius 3 is 2.33 bits per heavy atom. The molecular weight excluding hydrogens is 423 g/mol. The summed E-state index contributed by atoms with van der Waals surface area (Å²) >= 11 is 12.1. The first-order valence-electron chi connectivity index (χ1n) is 10.2. The van der Waals surface area contributed by atoms with Gasteiger partial charge in [-0.2, -0.15) is 0 Å². The molecule has 0 aromatic heterocycles. The number of halogens is 2. The van der Waals surface area contributed by atoms with Gasteiger partial charge in [-0.1, -0.05) is 60.5 Å². The zero-order valence-corrected chi connectivity index (χ0v) is 18.7. The fraction of sp³-hybridized carbons (Fsp3) is 0.435. The second-order valence-electron chi connectivity index (χ2n) is 7.54. The number of carboxylic acid groups (broad SMARTS) is 1. The summed E-state index contributed by atoms with van der Waals surface area (Å²) in [4.78, 5) is 11.4. The number of nitrogens with two attached hydrogens (primary N) is 1. The zero-order valence-electron chi connectivity index (χ0n) is 17.2. The van der Waals surface area contributed by atoms with Gasteiger partial charge in [0.2, 0.25) is 0 Å². The van der Waals surface area contributed by atoms with Gasteiger partial charge in [0.1, 0.15) is 0 Å². The number of hydrogen-bond donors (Lipinski definition) is 4. The van der Waals surface area contributed by atoms with Crippen LogP contribution in [-0.4, -0.2) is 29.3 Å². The van der Waals surface area contributed by atoms with Crippen molar-refractivity contribution in [2.45, 2.75) is 44.6 Å². The Morgan fingerprint density at radius 2 is 1.77 bits per heavy atom. The highest BCUT2D eigenvalue weighted by Gasteiger charge is 2.24. The molecule has 0 fully saturated rings. The second-order valence-corrected chi connectivity index (χ2v) is 8.36. The molecule has 2 aromatic carbocycles. The molecule has 30 heavy (non-hydrogen) atoms. The van der Waals surface area contributed by atoms with E-state index in [1.807, 2.05) is 18.2 Å². The number of anilines is 1. The fourth-order valence-corrected chi connectivity index (χ4v) is 4.36. The predicted octanol–water partition coefficient (Wildman–Crippen LogP) is 5.26. The molecule has 0 aliphatic heterocycles. The largest absolute Gasteiger partial charge is 0.481 e. The van der Waals surface area contributed by atoms with E-state index in [0.717, 1.165) is 19.3 Å². The minimum absolute atomic E-state index is 0.0661. The first kappa shape index (κ1) is 24.5. The predicted molar refractivity (Wildman–Crippen MR) is 123 cm³/mol. The van der Waals surface area contributed by atoms with Crippen LogP contribution in [0.5, 0.6) is 0 Å². The molecule has 0 amide bonds. The number of nitrogen functional groups attached to an aromatic ring is 1. The van der Waals surface area contributed by atoms with E-state index in [1.165, 1.54) is 5.56 Å². The third-order valence-corrected chi connectivity index (χ3v) is 6.05. The smallest absolute Gasteiger partial charge is 0.303 e. The van der Waals surface area contributed by atoms with Crippen LogP contribution in [0.3, 0.4) is 0 Å². The highest BCUT2D eigenvalue weighted by molar-refractivity contribution is 6.38. The van der Waals surface area contributed by atoms with Crippen molar-refractivity contribution in [3.05, 3.63) is 63.6 Å². The summed E-state index contributed by atoms with van der Waals surface area (Å²) in [6.07, 6.45) is 1.90. The van der Waals surface area contributed by atoms with Gasteiger partial charge in [-0.3, -0.25) is 4.79 Å². The van der Waals surface area contributed by atoms with E-state index >= 15 is 0 Å². The molecule has 0 aliphatic carbocycles. The molecule has 5 N–H and O–H groups in total. The molecular formula is C23H30Cl2N2O3. The van der Waals surface area contributed by atoms with Crippen molar-refractivity contribution in [3.8, 4) is 0 Å². The molecule has 164 valence electrons. The fourth-order valence-electron chi connectivity index (χ4n) is 3.85. The van der Waals surface area contributed by atoms with Gasteiger partial charge in [-0.15, -0.1) is 0 Å². The van der Waals surface area contributed by atoms with Gasteiger partial charge in [0.15, 0.2) is 0 Å². The van der Waals surface area contributed by atoms with E-state index in [2.05, 4.69) is 24.4 Å². The Labute approximate surface area is 188 Å². The van der Waals surface area contributed by atoms with Crippen LogP contribution in [0, 0.1) is 5.92 Å². The molecule has 0 saturated carbocycles. The minimum atomic E-state index is -0.769. The maximum absolute atomic E-state index is 11.4. The van der Waals surface area contributed by atoms with E-state index in [1.54, 1.807) is 12.1 Å². The first-order chi connectivity index (χ1) is 14.3. The maximum atomic E-state index is 11.4. The lowest BCUT2D eigenvalue weighted by Gasteiger charge is -2.26. The standard InChI is InChI=1S/C23H30Cl2N2O3/c1-2-18(15-7-4-3-5-8-15)16(13-22(29)30)9-6-10-27-14-21(28)17-11-19(24)23(26)20(25)12-17/h3-5,7-8,11-12,16,18,21,27-28H,2,6,9-10,13-14,26H2,1H3,(H,29,30). The maximum Gasteiger partial charge on any atom is 0.303 e. The van der Waals surface area contributed by atoms with Crippen LogP contribution in [0.2, 0.25) is 10.0 Å². The zero-order chi connectivity index (χ0) is 22.1. The van der Waals surface area contributed by atoms with Gasteiger partial charge in [-0.05, 0) is 60.9 Å². The topological polar surface area (TPSA) is 95.6 Å². The van der Waals surface area contributed by atoms with Crippen LogP contribution in [-0.2, 0) is 4.79 Å². The lowest BCUT2D eigenvalue weighted by Crippen LogP contribution is -2.24. The average molecular weight is 453 g/mol. The molecule has 3 unspecified atom stereocenters. The molecule has 0 radical (unpaired) electrons. The van der Waals surface area contributed by atoms with Crippen molar-refractivity contribution >= 4 is 34.9 Å². The average Bonchev–Trinajstić information content (AvgIpc) is 2.72. The lowest BCUT2D eigenvalue weighted by atomic mass is 9.79. The molecule has 7 heteroatoms. The summed E-state index contributed by atoms with van der Waals surface area (Å²) in [6, 6.07) is 13.3. The van der Waals surface area contributed by atoms with Crippen LogP contribution in [0.4, 0.5) is 5.69 Å². The summed E-state index contributed by atoms with van der Waals surface area (Å²) in [7, 11) is 0. The van der Waals surface area contributed by atoms with Crippen molar-refractivity contribution in [1.82, 2.24) is 5.32 Å². The lowest BCUT2D eigenvalue weighted by molar-refractivity contribution is -0.138. The third kappa shape index (κ3) is 7.17. The second kappa shape index (κ2) is 12.2. The molecule has 0 spiro atoms. The number of carbonyl (C=O) groups is 1.